The number of hydrogen-bond acceptors (Lipinski definition) is 42. The third-order valence-corrected chi connectivity index (χ3v) is 32.7. The highest BCUT2D eigenvalue weighted by atomic mass is 16.8. The number of Topliss-reactive ketones (excluding diaryl/α,β-unsaturated/α-hetero) is 1. The van der Waals surface area contributed by atoms with Gasteiger partial charge in [-0.1, -0.05) is 92.2 Å². The molecule has 48 unspecified atom stereocenters. The maximum Gasteiger partial charge on any atom is 0.335 e. The molecule has 13 rings (SSSR count). The highest BCUT2D eigenvalue weighted by Crippen LogP contribution is 2.76. The van der Waals surface area contributed by atoms with Crippen LogP contribution in [0, 0.1) is 50.2 Å². The second-order valence-corrected chi connectivity index (χ2v) is 42.4. The number of unbranched alkanes of at least 4 members (excludes halogenated alkanes) is 6. The Kier molecular flexibility index (Phi) is 35.5. The van der Waals surface area contributed by atoms with Crippen molar-refractivity contribution in [3.63, 3.8) is 0 Å². The molecule has 776 valence electrons. The summed E-state index contributed by atoms with van der Waals surface area (Å²) in [4.78, 5) is 56.9. The molecule has 8 heterocycles. The summed E-state index contributed by atoms with van der Waals surface area (Å²) in [5, 5.41) is 244. The number of esters is 2. The number of allylic oxidation sites excluding steroid dienone is 2. The average molecular weight is 1940 g/mol. The van der Waals surface area contributed by atoms with E-state index in [0.29, 0.717) is 103 Å². The van der Waals surface area contributed by atoms with Crippen molar-refractivity contribution in [1.29, 1.82) is 0 Å². The van der Waals surface area contributed by atoms with Crippen LogP contribution in [0.5, 0.6) is 0 Å². The van der Waals surface area contributed by atoms with Gasteiger partial charge in [-0.25, -0.2) is 4.79 Å². The quantitative estimate of drug-likeness (QED) is 0.0131. The normalized spacial score (nSPS) is 49.0. The molecule has 8 aliphatic heterocycles. The lowest BCUT2D eigenvalue weighted by molar-refractivity contribution is -0.404. The van der Waals surface area contributed by atoms with Crippen LogP contribution in [0.4, 0.5) is 0 Å². The van der Waals surface area contributed by atoms with Gasteiger partial charge in [0.25, 0.3) is 0 Å². The number of aliphatic hydroxyl groups is 21. The molecule has 0 aromatic carbocycles. The Morgan fingerprint density at radius 1 is 0.444 bits per heavy atom. The number of aliphatic carboxylic acids is 1. The van der Waals surface area contributed by atoms with Gasteiger partial charge in [0.1, 0.15) is 152 Å². The third-order valence-electron chi connectivity index (χ3n) is 32.7. The fourth-order valence-electron chi connectivity index (χ4n) is 24.3. The van der Waals surface area contributed by atoms with Crippen LogP contribution in [0.15, 0.2) is 11.6 Å². The number of carboxylic acids is 1. The first-order chi connectivity index (χ1) is 63.5. The van der Waals surface area contributed by atoms with Gasteiger partial charge in [0.15, 0.2) is 62.3 Å². The molecule has 43 heteroatoms. The molecule has 0 aromatic heterocycles. The van der Waals surface area contributed by atoms with Crippen molar-refractivity contribution >= 4 is 23.7 Å². The van der Waals surface area contributed by atoms with Crippen molar-refractivity contribution in [2.75, 3.05) is 26.4 Å². The minimum absolute atomic E-state index is 0.0345. The highest BCUT2D eigenvalue weighted by molar-refractivity contribution is 5.80. The molecule has 4 saturated carbocycles. The zero-order valence-electron chi connectivity index (χ0n) is 78.6. The minimum atomic E-state index is -2.22. The van der Waals surface area contributed by atoms with Crippen molar-refractivity contribution < 1.29 is 212 Å². The van der Waals surface area contributed by atoms with Crippen molar-refractivity contribution in [1.82, 2.24) is 0 Å². The van der Waals surface area contributed by atoms with E-state index in [1.807, 2.05) is 0 Å². The van der Waals surface area contributed by atoms with Gasteiger partial charge in [-0.05, 0) is 156 Å². The van der Waals surface area contributed by atoms with Gasteiger partial charge in [0.2, 0.25) is 6.29 Å². The highest BCUT2D eigenvalue weighted by Gasteiger charge is 2.73. The number of carbonyl (C=O) groups is 4. The second-order valence-electron chi connectivity index (χ2n) is 42.4. The van der Waals surface area contributed by atoms with Crippen molar-refractivity contribution in [3.05, 3.63) is 11.6 Å². The number of carbonyl (C=O) groups excluding carboxylic acids is 3. The van der Waals surface area contributed by atoms with Gasteiger partial charge in [0.05, 0.1) is 69.0 Å². The predicted octanol–water partition coefficient (Wildman–Crippen LogP) is -3.13. The minimum Gasteiger partial charge on any atom is -0.479 e. The summed E-state index contributed by atoms with van der Waals surface area (Å²) in [7, 11) is 0. The van der Waals surface area contributed by atoms with Gasteiger partial charge in [-0.15, -0.1) is 0 Å². The fraction of sp³-hybridized carbons (Fsp3) is 0.935. The lowest BCUT2D eigenvalue weighted by atomic mass is 9.33. The van der Waals surface area contributed by atoms with Gasteiger partial charge in [-0.3, -0.25) is 14.4 Å². The van der Waals surface area contributed by atoms with Crippen LogP contribution in [0.1, 0.15) is 211 Å². The Hall–Kier alpha value is -3.62. The Morgan fingerprint density at radius 2 is 0.963 bits per heavy atom. The number of ketones is 1. The number of carboxylic acid groups (broad SMARTS) is 1. The monoisotopic (exact) mass is 1940 g/mol. The van der Waals surface area contributed by atoms with Crippen molar-refractivity contribution in [2.24, 2.45) is 50.2 Å². The van der Waals surface area contributed by atoms with Crippen molar-refractivity contribution in [3.8, 4) is 0 Å². The summed E-state index contributed by atoms with van der Waals surface area (Å²) in [5.74, 6) is -4.45. The molecule has 0 radical (unpaired) electrons. The molecule has 135 heavy (non-hydrogen) atoms. The lowest BCUT2D eigenvalue weighted by Crippen LogP contribution is -2.69. The number of fused-ring (bicyclic) bond motifs is 7. The van der Waals surface area contributed by atoms with Crippen LogP contribution in [0.25, 0.3) is 0 Å². The molecular weight excluding hydrogens is 1790 g/mol. The zero-order valence-corrected chi connectivity index (χ0v) is 78.6. The molecule has 22 N–H and O–H groups in total. The van der Waals surface area contributed by atoms with E-state index in [0.717, 1.165) is 5.57 Å². The van der Waals surface area contributed by atoms with E-state index in [1.54, 1.807) is 6.92 Å². The molecular formula is C92H150O43. The second kappa shape index (κ2) is 44.1. The first-order valence-electron chi connectivity index (χ1n) is 48.2. The molecule has 5 aliphatic carbocycles. The van der Waals surface area contributed by atoms with E-state index in [-0.39, 0.29) is 49.9 Å². The van der Waals surface area contributed by atoms with Gasteiger partial charge in [0, 0.05) is 19.4 Å². The average Bonchev–Trinajstić information content (AvgIpc) is 0.668. The smallest absolute Gasteiger partial charge is 0.335 e. The number of aliphatic hydroxyl groups excluding tert-OH is 21. The summed E-state index contributed by atoms with van der Waals surface area (Å²) in [5.41, 5.74) is -3.81. The van der Waals surface area contributed by atoms with E-state index in [9.17, 15) is 122 Å². The topological polar surface area (TPSA) is 670 Å². The van der Waals surface area contributed by atoms with E-state index in [1.165, 1.54) is 20.8 Å². The summed E-state index contributed by atoms with van der Waals surface area (Å²) < 4.78 is 104. The summed E-state index contributed by atoms with van der Waals surface area (Å²) >= 11 is 0. The number of ether oxygens (including phenoxy) is 17. The van der Waals surface area contributed by atoms with Crippen molar-refractivity contribution in [2.45, 2.75) is 463 Å². The first-order valence-corrected chi connectivity index (χ1v) is 48.2. The fourth-order valence-corrected chi connectivity index (χ4v) is 24.3. The maximum absolute atomic E-state index is 16.6. The van der Waals surface area contributed by atoms with E-state index < -0.39 is 334 Å². The summed E-state index contributed by atoms with van der Waals surface area (Å²) in [6, 6.07) is 0. The molecule has 0 amide bonds. The van der Waals surface area contributed by atoms with E-state index in [4.69, 9.17) is 80.5 Å². The SMILES string of the molecule is CC1OC(OCCCCCCC(=O)CCCCCCC(CC(=O)OC2C(C)OC(OC(=O)C34CCC(C)(C)CC3C3=CCC5C6(C)CCC(OC7OC(C(=O)O)C(O)C(O)C7O)C(C)(C)C6CCC5(C)C3(C)CC4O)C(OC3OC(C)C(OC4OCC(O)C(O)C4O)C(O)C3OC3OCC(O)C(O)C3OC3OC(CO)C(O)C(O)C3O)C2O)OC2OC(C)C(O)C(O)C2O)C(O)C(O)C1O. The Bertz CT molecular complexity index is 3920. The Morgan fingerprint density at radius 3 is 1.61 bits per heavy atom. The Labute approximate surface area is 783 Å². The molecule has 48 atom stereocenters. The summed E-state index contributed by atoms with van der Waals surface area (Å²) in [6.07, 6.45) is -60.4. The van der Waals surface area contributed by atoms with Gasteiger partial charge in [-0.2, -0.15) is 0 Å². The number of rotatable bonds is 34. The molecule has 0 spiro atoms. The van der Waals surface area contributed by atoms with Crippen LogP contribution < -0.4 is 0 Å². The van der Waals surface area contributed by atoms with Crippen LogP contribution in [-0.4, -0.2) is 414 Å². The first kappa shape index (κ1) is 109. The standard InChI is InChI=1S/C92H150O43/c1-38-54(99)59(104)65(110)78(122-38)119-31-19-15-14-17-21-42(94)20-16-12-13-18-22-43(126-80-66(111)60(105)55(100)39(2)123-80)32-53(98)129-71-40(3)125-85(76(69(71)114)134-84-75(70(115)72(41(4)124-84)130-79-64(109)56(101)46(95)36-120-79)133-83-74(57(102)47(96)37-121-83)132-81-67(112)61(106)58(103)48(35-93)127-81)135-86(118)92-30-29-87(5,6)33-45(92)44-23-24-50-89(9)27-26-52(128-82-68(113)62(107)63(108)73(131-82)77(116)117)88(7,8)49(89)25-28-90(50,10)91(44,11)34-51(92)97/h23,38-41,43,45-52,54-76,78-85,93,95-97,99-115H,12-22,24-37H2,1-11H3,(H,116,117). The third kappa shape index (κ3) is 22.0. The molecule has 0 bridgehead atoms. The van der Waals surface area contributed by atoms with Crippen LogP contribution in [-0.2, 0) is 99.7 Å². The molecule has 8 saturated heterocycles. The number of hydrogen-bond donors (Lipinski definition) is 22. The van der Waals surface area contributed by atoms with E-state index in [2.05, 4.69) is 54.5 Å². The maximum atomic E-state index is 16.6. The predicted molar refractivity (Wildman–Crippen MR) is 455 cm³/mol. The largest absolute Gasteiger partial charge is 0.479 e. The molecule has 0 aromatic rings. The van der Waals surface area contributed by atoms with Crippen LogP contribution in [0.3, 0.4) is 0 Å². The molecule has 12 fully saturated rings. The van der Waals surface area contributed by atoms with Gasteiger partial charge < -0.3 is 193 Å². The lowest BCUT2D eigenvalue weighted by Gasteiger charge is -2.71. The van der Waals surface area contributed by atoms with Crippen LogP contribution >= 0.6 is 0 Å². The zero-order chi connectivity index (χ0) is 98.7. The molecule has 13 aliphatic rings. The van der Waals surface area contributed by atoms with Crippen LogP contribution in [0.2, 0.25) is 0 Å². The summed E-state index contributed by atoms with van der Waals surface area (Å²) in [6.45, 7) is 18.6. The van der Waals surface area contributed by atoms with Gasteiger partial charge >= 0.3 is 17.9 Å². The van der Waals surface area contributed by atoms with E-state index >= 15 is 9.59 Å². The Balaban J connectivity index is 0.776. The molecule has 43 nitrogen and oxygen atoms in total.